The molecule has 1 aromatic heterocycles. The number of aromatic nitrogens is 1. The Balaban J connectivity index is 2.13. The van der Waals surface area contributed by atoms with Crippen LogP contribution in [0.15, 0.2) is 42.6 Å². The van der Waals surface area contributed by atoms with Crippen molar-refractivity contribution in [2.45, 2.75) is 6.92 Å². The van der Waals surface area contributed by atoms with Crippen molar-refractivity contribution >= 4 is 11.6 Å². The zero-order chi connectivity index (χ0) is 14.4. The molecule has 0 atom stereocenters. The van der Waals surface area contributed by atoms with E-state index in [1.807, 2.05) is 31.2 Å². The van der Waals surface area contributed by atoms with Crippen molar-refractivity contribution < 1.29 is 4.79 Å². The maximum absolute atomic E-state index is 12.0. The molecule has 4 heteroatoms. The molecule has 0 radical (unpaired) electrons. The minimum atomic E-state index is -0.193. The third-order valence-corrected chi connectivity index (χ3v) is 2.63. The van der Waals surface area contributed by atoms with E-state index in [0.29, 0.717) is 17.8 Å². The van der Waals surface area contributed by atoms with Gasteiger partial charge in [0.25, 0.3) is 5.91 Å². The van der Waals surface area contributed by atoms with Crippen LogP contribution >= 0.6 is 0 Å². The summed E-state index contributed by atoms with van der Waals surface area (Å²) < 4.78 is 0. The molecular weight excluding hydrogens is 250 g/mol. The highest BCUT2D eigenvalue weighted by Crippen LogP contribution is 2.11. The molecule has 3 N–H and O–H groups in total. The van der Waals surface area contributed by atoms with E-state index in [-0.39, 0.29) is 5.91 Å². The molecule has 0 aliphatic heterocycles. The first-order chi connectivity index (χ1) is 9.69. The Bertz CT molecular complexity index is 666. The first-order valence-electron chi connectivity index (χ1n) is 6.22. The fourth-order valence-electron chi connectivity index (χ4n) is 1.63. The zero-order valence-corrected chi connectivity index (χ0v) is 11.2. The summed E-state index contributed by atoms with van der Waals surface area (Å²) in [6, 6.07) is 10.9. The first-order valence-corrected chi connectivity index (χ1v) is 6.22. The van der Waals surface area contributed by atoms with Gasteiger partial charge >= 0.3 is 0 Å². The smallest absolute Gasteiger partial charge is 0.257 e. The topological polar surface area (TPSA) is 68.0 Å². The molecular formula is C16H15N3O. The van der Waals surface area contributed by atoms with Crippen molar-refractivity contribution in [1.82, 2.24) is 4.98 Å². The van der Waals surface area contributed by atoms with Gasteiger partial charge in [0.15, 0.2) is 0 Å². The number of nitrogens with one attached hydrogen (secondary N) is 1. The Kier molecular flexibility index (Phi) is 4.48. The number of carbonyl (C=O) groups is 1. The number of aryl methyl sites for hydroxylation is 1. The minimum Gasteiger partial charge on any atom is -0.322 e. The summed E-state index contributed by atoms with van der Waals surface area (Å²) in [6.45, 7) is 2.19. The Labute approximate surface area is 118 Å². The number of anilines is 1. The number of carbonyl (C=O) groups excluding carboxylic acids is 1. The second-order valence-corrected chi connectivity index (χ2v) is 4.23. The number of amides is 1. The van der Waals surface area contributed by atoms with E-state index in [2.05, 4.69) is 22.1 Å². The van der Waals surface area contributed by atoms with Crippen LogP contribution in [0.1, 0.15) is 21.6 Å². The highest BCUT2D eigenvalue weighted by Gasteiger charge is 2.06. The van der Waals surface area contributed by atoms with Gasteiger partial charge in [-0.05, 0) is 37.3 Å². The molecule has 0 spiro atoms. The molecule has 0 aliphatic carbocycles. The molecule has 20 heavy (non-hydrogen) atoms. The SMILES string of the molecule is Cc1ccc(C(=O)Nc2cccc(C#CCN)c2)cn1. The van der Waals surface area contributed by atoms with E-state index < -0.39 is 0 Å². The van der Waals surface area contributed by atoms with Crippen molar-refractivity contribution in [3.63, 3.8) is 0 Å². The van der Waals surface area contributed by atoms with Crippen LogP contribution in [0, 0.1) is 18.8 Å². The van der Waals surface area contributed by atoms with Crippen LogP contribution in [0.25, 0.3) is 0 Å². The van der Waals surface area contributed by atoms with E-state index in [1.165, 1.54) is 0 Å². The van der Waals surface area contributed by atoms with Gasteiger partial charge in [-0.15, -0.1) is 0 Å². The molecule has 0 bridgehead atoms. The molecule has 1 amide bonds. The fraction of sp³-hybridized carbons (Fsp3) is 0.125. The van der Waals surface area contributed by atoms with Crippen molar-refractivity contribution in [3.8, 4) is 11.8 Å². The van der Waals surface area contributed by atoms with Crippen LogP contribution in [0.4, 0.5) is 5.69 Å². The fourth-order valence-corrected chi connectivity index (χ4v) is 1.63. The summed E-state index contributed by atoms with van der Waals surface area (Å²) in [6.07, 6.45) is 1.56. The average molecular weight is 265 g/mol. The van der Waals surface area contributed by atoms with Gasteiger partial charge in [0.2, 0.25) is 0 Å². The average Bonchev–Trinajstić information content (AvgIpc) is 2.46. The number of pyridine rings is 1. The van der Waals surface area contributed by atoms with Crippen molar-refractivity contribution in [3.05, 3.63) is 59.4 Å². The van der Waals surface area contributed by atoms with Crippen LogP contribution in [-0.4, -0.2) is 17.4 Å². The van der Waals surface area contributed by atoms with Crippen LogP contribution in [-0.2, 0) is 0 Å². The molecule has 4 nitrogen and oxygen atoms in total. The molecule has 0 saturated heterocycles. The third-order valence-electron chi connectivity index (χ3n) is 2.63. The predicted octanol–water partition coefficient (Wildman–Crippen LogP) is 1.95. The predicted molar refractivity (Wildman–Crippen MR) is 79.3 cm³/mol. The summed E-state index contributed by atoms with van der Waals surface area (Å²) in [4.78, 5) is 16.1. The lowest BCUT2D eigenvalue weighted by Gasteiger charge is -2.05. The molecule has 2 aromatic rings. The van der Waals surface area contributed by atoms with E-state index in [9.17, 15) is 4.79 Å². The summed E-state index contributed by atoms with van der Waals surface area (Å²) in [5.41, 5.74) is 8.24. The minimum absolute atomic E-state index is 0.193. The molecule has 1 heterocycles. The summed E-state index contributed by atoms with van der Waals surface area (Å²) in [5.74, 6) is 5.51. The molecule has 2 rings (SSSR count). The Hall–Kier alpha value is -2.64. The van der Waals surface area contributed by atoms with Crippen molar-refractivity contribution in [2.75, 3.05) is 11.9 Å². The lowest BCUT2D eigenvalue weighted by Crippen LogP contribution is -2.12. The second kappa shape index (κ2) is 6.50. The molecule has 0 fully saturated rings. The largest absolute Gasteiger partial charge is 0.322 e. The summed E-state index contributed by atoms with van der Waals surface area (Å²) in [5, 5.41) is 2.82. The van der Waals surface area contributed by atoms with E-state index in [1.54, 1.807) is 18.3 Å². The van der Waals surface area contributed by atoms with Gasteiger partial charge in [0.1, 0.15) is 0 Å². The van der Waals surface area contributed by atoms with Gasteiger partial charge in [0, 0.05) is 23.1 Å². The second-order valence-electron chi connectivity index (χ2n) is 4.23. The van der Waals surface area contributed by atoms with E-state index >= 15 is 0 Å². The lowest BCUT2D eigenvalue weighted by atomic mass is 10.2. The zero-order valence-electron chi connectivity index (χ0n) is 11.2. The lowest BCUT2D eigenvalue weighted by molar-refractivity contribution is 0.102. The highest BCUT2D eigenvalue weighted by molar-refractivity contribution is 6.04. The number of hydrogen-bond acceptors (Lipinski definition) is 3. The Morgan fingerprint density at radius 1 is 1.35 bits per heavy atom. The van der Waals surface area contributed by atoms with Gasteiger partial charge < -0.3 is 11.1 Å². The van der Waals surface area contributed by atoms with Gasteiger partial charge in [-0.25, -0.2) is 0 Å². The Morgan fingerprint density at radius 3 is 2.90 bits per heavy atom. The maximum atomic E-state index is 12.0. The number of nitrogens with two attached hydrogens (primary N) is 1. The number of nitrogens with zero attached hydrogens (tertiary/aromatic N) is 1. The summed E-state index contributed by atoms with van der Waals surface area (Å²) in [7, 11) is 0. The number of benzene rings is 1. The summed E-state index contributed by atoms with van der Waals surface area (Å²) >= 11 is 0. The molecule has 0 aliphatic rings. The highest BCUT2D eigenvalue weighted by atomic mass is 16.1. The van der Waals surface area contributed by atoms with Gasteiger partial charge in [-0.3, -0.25) is 9.78 Å². The first kappa shape index (κ1) is 13.8. The monoisotopic (exact) mass is 265 g/mol. The maximum Gasteiger partial charge on any atom is 0.257 e. The van der Waals surface area contributed by atoms with Crippen LogP contribution < -0.4 is 11.1 Å². The van der Waals surface area contributed by atoms with Gasteiger partial charge in [-0.2, -0.15) is 0 Å². The molecule has 0 saturated carbocycles. The standard InChI is InChI=1S/C16H15N3O/c1-12-7-8-14(11-18-12)16(20)19-15-6-2-4-13(10-15)5-3-9-17/h2,4,6-8,10-11H,9,17H2,1H3,(H,19,20). The Morgan fingerprint density at radius 2 is 2.20 bits per heavy atom. The molecule has 100 valence electrons. The van der Waals surface area contributed by atoms with Crippen LogP contribution in [0.5, 0.6) is 0 Å². The molecule has 1 aromatic carbocycles. The van der Waals surface area contributed by atoms with Crippen LogP contribution in [0.2, 0.25) is 0 Å². The third kappa shape index (κ3) is 3.67. The van der Waals surface area contributed by atoms with Gasteiger partial charge in [0.05, 0.1) is 12.1 Å². The van der Waals surface area contributed by atoms with Crippen LogP contribution in [0.3, 0.4) is 0 Å². The normalized spacial score (nSPS) is 9.50. The van der Waals surface area contributed by atoms with E-state index in [4.69, 9.17) is 5.73 Å². The quantitative estimate of drug-likeness (QED) is 0.815. The van der Waals surface area contributed by atoms with Crippen molar-refractivity contribution in [1.29, 1.82) is 0 Å². The number of rotatable bonds is 2. The van der Waals surface area contributed by atoms with E-state index in [0.717, 1.165) is 11.3 Å². The molecule has 0 unspecified atom stereocenters. The van der Waals surface area contributed by atoms with Gasteiger partial charge in [-0.1, -0.05) is 17.9 Å². The van der Waals surface area contributed by atoms with Crippen molar-refractivity contribution in [2.24, 2.45) is 5.73 Å². The number of hydrogen-bond donors (Lipinski definition) is 2.